The summed E-state index contributed by atoms with van der Waals surface area (Å²) in [5, 5.41) is 2.66. The molecule has 1 aliphatic rings. The molecule has 0 aliphatic carbocycles. The summed E-state index contributed by atoms with van der Waals surface area (Å²) in [5.74, 6) is 0.179. The van der Waals surface area contributed by atoms with E-state index in [1.807, 2.05) is 27.9 Å². The van der Waals surface area contributed by atoms with Crippen molar-refractivity contribution in [1.29, 1.82) is 0 Å². The lowest BCUT2D eigenvalue weighted by Gasteiger charge is -2.37. The molecule has 0 aromatic rings. The third-order valence-corrected chi connectivity index (χ3v) is 3.22. The molecule has 1 rings (SSSR count). The zero-order valence-electron chi connectivity index (χ0n) is 11.9. The predicted octanol–water partition coefficient (Wildman–Crippen LogP) is 0.311. The monoisotopic (exact) mass is 255 g/mol. The van der Waals surface area contributed by atoms with Crippen molar-refractivity contribution in [3.05, 3.63) is 0 Å². The molecule has 0 saturated carbocycles. The van der Waals surface area contributed by atoms with Gasteiger partial charge in [0.25, 0.3) is 0 Å². The molecule has 2 amide bonds. The van der Waals surface area contributed by atoms with Crippen LogP contribution in [0.15, 0.2) is 0 Å². The zero-order chi connectivity index (χ0) is 13.7. The zero-order valence-corrected chi connectivity index (χ0v) is 11.9. The lowest BCUT2D eigenvalue weighted by Crippen LogP contribution is -2.60. The molecule has 1 N–H and O–H groups in total. The Morgan fingerprint density at radius 1 is 1.33 bits per heavy atom. The van der Waals surface area contributed by atoms with Gasteiger partial charge in [0.05, 0.1) is 6.54 Å². The Morgan fingerprint density at radius 2 is 2.00 bits per heavy atom. The van der Waals surface area contributed by atoms with Gasteiger partial charge in [-0.2, -0.15) is 0 Å². The standard InChI is InChI=1S/C13H25N3O2/c1-10(2)12-13(18)14-9-11(17)16(12)8-6-5-7-15(3)4/h10,12H,5-9H2,1-4H3,(H,14,18). The van der Waals surface area contributed by atoms with E-state index < -0.39 is 0 Å². The fourth-order valence-electron chi connectivity index (χ4n) is 2.30. The quantitative estimate of drug-likeness (QED) is 0.695. The maximum Gasteiger partial charge on any atom is 0.243 e. The molecule has 1 saturated heterocycles. The van der Waals surface area contributed by atoms with Crippen LogP contribution in [0, 0.1) is 5.92 Å². The summed E-state index contributed by atoms with van der Waals surface area (Å²) in [5.41, 5.74) is 0. The van der Waals surface area contributed by atoms with Crippen molar-refractivity contribution in [2.24, 2.45) is 5.92 Å². The summed E-state index contributed by atoms with van der Waals surface area (Å²) in [6, 6.07) is -0.300. The van der Waals surface area contributed by atoms with Crippen LogP contribution in [0.5, 0.6) is 0 Å². The van der Waals surface area contributed by atoms with Gasteiger partial charge in [-0.15, -0.1) is 0 Å². The lowest BCUT2D eigenvalue weighted by molar-refractivity contribution is -0.147. The summed E-state index contributed by atoms with van der Waals surface area (Å²) in [4.78, 5) is 27.6. The van der Waals surface area contributed by atoms with E-state index in [4.69, 9.17) is 0 Å². The second kappa shape index (κ2) is 6.73. The lowest BCUT2D eigenvalue weighted by atomic mass is 9.99. The van der Waals surface area contributed by atoms with Crippen LogP contribution in [-0.2, 0) is 9.59 Å². The van der Waals surface area contributed by atoms with Crippen molar-refractivity contribution in [3.63, 3.8) is 0 Å². The number of hydrogen-bond donors (Lipinski definition) is 1. The molecule has 5 nitrogen and oxygen atoms in total. The number of amides is 2. The van der Waals surface area contributed by atoms with Crippen LogP contribution in [0.25, 0.3) is 0 Å². The van der Waals surface area contributed by atoms with Gasteiger partial charge in [-0.1, -0.05) is 13.8 Å². The molecule has 0 aromatic carbocycles. The fraction of sp³-hybridized carbons (Fsp3) is 0.846. The van der Waals surface area contributed by atoms with Crippen LogP contribution < -0.4 is 5.32 Å². The Kier molecular flexibility index (Phi) is 5.59. The van der Waals surface area contributed by atoms with Gasteiger partial charge in [-0.3, -0.25) is 9.59 Å². The average Bonchev–Trinajstić information content (AvgIpc) is 2.27. The highest BCUT2D eigenvalue weighted by Gasteiger charge is 2.35. The van der Waals surface area contributed by atoms with Gasteiger partial charge in [0.2, 0.25) is 11.8 Å². The molecule has 0 bridgehead atoms. The van der Waals surface area contributed by atoms with E-state index in [9.17, 15) is 9.59 Å². The van der Waals surface area contributed by atoms with E-state index in [0.29, 0.717) is 6.54 Å². The summed E-state index contributed by atoms with van der Waals surface area (Å²) in [7, 11) is 4.08. The Bertz CT molecular complexity index is 303. The summed E-state index contributed by atoms with van der Waals surface area (Å²) in [6.07, 6.45) is 1.99. The van der Waals surface area contributed by atoms with E-state index >= 15 is 0 Å². The first-order valence-electron chi connectivity index (χ1n) is 6.65. The topological polar surface area (TPSA) is 52.7 Å². The molecule has 5 heteroatoms. The van der Waals surface area contributed by atoms with Crippen molar-refractivity contribution in [2.75, 3.05) is 33.7 Å². The predicted molar refractivity (Wildman–Crippen MR) is 71.1 cm³/mol. The van der Waals surface area contributed by atoms with Crippen molar-refractivity contribution in [2.45, 2.75) is 32.7 Å². The fourth-order valence-corrected chi connectivity index (χ4v) is 2.30. The van der Waals surface area contributed by atoms with Crippen molar-refractivity contribution in [3.8, 4) is 0 Å². The minimum absolute atomic E-state index is 0.0165. The number of piperazine rings is 1. The van der Waals surface area contributed by atoms with E-state index in [0.717, 1.165) is 19.4 Å². The van der Waals surface area contributed by atoms with Gasteiger partial charge >= 0.3 is 0 Å². The summed E-state index contributed by atoms with van der Waals surface area (Å²) in [6.45, 7) is 5.81. The Morgan fingerprint density at radius 3 is 2.56 bits per heavy atom. The van der Waals surface area contributed by atoms with Crippen LogP contribution in [0.4, 0.5) is 0 Å². The van der Waals surface area contributed by atoms with Crippen LogP contribution in [-0.4, -0.2) is 61.4 Å². The third-order valence-electron chi connectivity index (χ3n) is 3.22. The molecule has 18 heavy (non-hydrogen) atoms. The third kappa shape index (κ3) is 3.98. The minimum Gasteiger partial charge on any atom is -0.345 e. The molecule has 1 aliphatic heterocycles. The highest BCUT2D eigenvalue weighted by Crippen LogP contribution is 2.15. The molecular formula is C13H25N3O2. The first-order valence-corrected chi connectivity index (χ1v) is 6.65. The van der Waals surface area contributed by atoms with Gasteiger partial charge in [0.15, 0.2) is 0 Å². The largest absolute Gasteiger partial charge is 0.345 e. The van der Waals surface area contributed by atoms with Crippen molar-refractivity contribution < 1.29 is 9.59 Å². The van der Waals surface area contributed by atoms with E-state index in [2.05, 4.69) is 10.2 Å². The normalized spacial score (nSPS) is 20.8. The highest BCUT2D eigenvalue weighted by atomic mass is 16.2. The molecule has 0 radical (unpaired) electrons. The maximum absolute atomic E-state index is 11.9. The number of unbranched alkanes of at least 4 members (excludes halogenated alkanes) is 1. The summed E-state index contributed by atoms with van der Waals surface area (Å²) < 4.78 is 0. The number of nitrogens with one attached hydrogen (secondary N) is 1. The number of carbonyl (C=O) groups is 2. The Balaban J connectivity index is 2.52. The smallest absolute Gasteiger partial charge is 0.243 e. The molecule has 0 aromatic heterocycles. The van der Waals surface area contributed by atoms with E-state index in [-0.39, 0.29) is 30.3 Å². The Labute approximate surface area is 110 Å². The molecule has 1 unspecified atom stereocenters. The van der Waals surface area contributed by atoms with E-state index in [1.54, 1.807) is 4.90 Å². The average molecular weight is 255 g/mol. The second-order valence-corrected chi connectivity index (χ2v) is 5.50. The van der Waals surface area contributed by atoms with Crippen molar-refractivity contribution >= 4 is 11.8 Å². The Hall–Kier alpha value is -1.10. The SMILES string of the molecule is CC(C)C1C(=O)NCC(=O)N1CCCCN(C)C. The maximum atomic E-state index is 11.9. The first kappa shape index (κ1) is 15.0. The summed E-state index contributed by atoms with van der Waals surface area (Å²) >= 11 is 0. The van der Waals surface area contributed by atoms with E-state index in [1.165, 1.54) is 0 Å². The van der Waals surface area contributed by atoms with Gasteiger partial charge in [0.1, 0.15) is 6.04 Å². The van der Waals surface area contributed by atoms with Crippen molar-refractivity contribution in [1.82, 2.24) is 15.1 Å². The van der Waals surface area contributed by atoms with Gasteiger partial charge in [-0.25, -0.2) is 0 Å². The number of nitrogens with zero attached hydrogens (tertiary/aromatic N) is 2. The highest BCUT2D eigenvalue weighted by molar-refractivity contribution is 5.94. The van der Waals surface area contributed by atoms with Gasteiger partial charge in [-0.05, 0) is 39.4 Å². The molecule has 1 atom stereocenters. The number of hydrogen-bond acceptors (Lipinski definition) is 3. The van der Waals surface area contributed by atoms with Crippen LogP contribution >= 0.6 is 0 Å². The van der Waals surface area contributed by atoms with Crippen LogP contribution in [0.3, 0.4) is 0 Å². The number of carbonyl (C=O) groups excluding carboxylic acids is 2. The molecule has 104 valence electrons. The molecule has 0 spiro atoms. The van der Waals surface area contributed by atoms with Crippen LogP contribution in [0.1, 0.15) is 26.7 Å². The van der Waals surface area contributed by atoms with Gasteiger partial charge in [0, 0.05) is 6.54 Å². The number of rotatable bonds is 6. The molecule has 1 heterocycles. The molecular weight excluding hydrogens is 230 g/mol. The molecule has 1 fully saturated rings. The minimum atomic E-state index is -0.300. The second-order valence-electron chi connectivity index (χ2n) is 5.50. The van der Waals surface area contributed by atoms with Gasteiger partial charge < -0.3 is 15.1 Å². The van der Waals surface area contributed by atoms with Crippen LogP contribution in [0.2, 0.25) is 0 Å². The first-order chi connectivity index (χ1) is 8.43.